The molecular formula is C17H16F3N3O3S. The van der Waals surface area contributed by atoms with Gasteiger partial charge < -0.3 is 5.32 Å². The number of benzene rings is 2. The summed E-state index contributed by atoms with van der Waals surface area (Å²) in [6, 6.07) is 9.72. The molecule has 144 valence electrons. The number of alkyl halides is 3. The number of amides is 3. The van der Waals surface area contributed by atoms with Gasteiger partial charge in [-0.15, -0.1) is 0 Å². The van der Waals surface area contributed by atoms with E-state index in [0.29, 0.717) is 4.90 Å². The Morgan fingerprint density at radius 2 is 1.70 bits per heavy atom. The van der Waals surface area contributed by atoms with E-state index in [2.05, 4.69) is 16.2 Å². The summed E-state index contributed by atoms with van der Waals surface area (Å²) < 4.78 is 49.2. The van der Waals surface area contributed by atoms with Crippen LogP contribution in [0.5, 0.6) is 0 Å². The Hall–Kier alpha value is -2.88. The smallest absolute Gasteiger partial charge is 0.333 e. The van der Waals surface area contributed by atoms with E-state index in [-0.39, 0.29) is 17.7 Å². The molecule has 3 amide bonds. The number of hydrogen-bond donors (Lipinski definition) is 3. The highest BCUT2D eigenvalue weighted by atomic mass is 32.2. The van der Waals surface area contributed by atoms with E-state index in [1.54, 1.807) is 0 Å². The van der Waals surface area contributed by atoms with Gasteiger partial charge in [0.05, 0.1) is 5.56 Å². The van der Waals surface area contributed by atoms with Crippen LogP contribution in [0.1, 0.15) is 21.5 Å². The summed E-state index contributed by atoms with van der Waals surface area (Å²) in [6.07, 6.45) is -2.96. The molecule has 0 saturated carbocycles. The van der Waals surface area contributed by atoms with Gasteiger partial charge in [0.2, 0.25) is 0 Å². The molecule has 0 heterocycles. The third-order valence-electron chi connectivity index (χ3n) is 3.45. The molecule has 2 aromatic carbocycles. The second kappa shape index (κ2) is 8.67. The highest BCUT2D eigenvalue weighted by Gasteiger charge is 2.30. The van der Waals surface area contributed by atoms with Crippen LogP contribution < -0.4 is 16.2 Å². The van der Waals surface area contributed by atoms with Gasteiger partial charge in [0.15, 0.2) is 0 Å². The fourth-order valence-electron chi connectivity index (χ4n) is 2.07. The molecule has 0 bridgehead atoms. The van der Waals surface area contributed by atoms with Crippen molar-refractivity contribution in [3.05, 3.63) is 65.2 Å². The van der Waals surface area contributed by atoms with Crippen molar-refractivity contribution in [1.29, 1.82) is 0 Å². The number of nitrogens with one attached hydrogen (secondary N) is 3. The standard InChI is InChI=1S/C17H16F3N3O3S/c1-27(26)14-7-5-12(6-8-14)15(24)22-23-16(25)21-10-11-3-2-4-13(9-11)17(18,19)20/h2-9H,10H2,1H3,(H,22,24)(H2,21,23,25)/t27-/m1/s1. The van der Waals surface area contributed by atoms with Crippen molar-refractivity contribution in [3.8, 4) is 0 Å². The molecule has 27 heavy (non-hydrogen) atoms. The SMILES string of the molecule is C[S@@](=O)c1ccc(C(=O)NNC(=O)NCc2cccc(C(F)(F)F)c2)cc1. The predicted molar refractivity (Wildman–Crippen MR) is 93.1 cm³/mol. The quantitative estimate of drug-likeness (QED) is 0.691. The molecule has 2 aromatic rings. The minimum Gasteiger partial charge on any atom is -0.333 e. The highest BCUT2D eigenvalue weighted by Crippen LogP contribution is 2.29. The number of rotatable bonds is 4. The number of urea groups is 1. The first-order valence-electron chi connectivity index (χ1n) is 7.60. The van der Waals surface area contributed by atoms with Crippen molar-refractivity contribution in [1.82, 2.24) is 16.2 Å². The van der Waals surface area contributed by atoms with Gasteiger partial charge in [-0.05, 0) is 42.0 Å². The van der Waals surface area contributed by atoms with Crippen LogP contribution in [0.25, 0.3) is 0 Å². The van der Waals surface area contributed by atoms with Crippen molar-refractivity contribution in [2.75, 3.05) is 6.26 Å². The number of hydrogen-bond acceptors (Lipinski definition) is 3. The van der Waals surface area contributed by atoms with E-state index in [9.17, 15) is 27.0 Å². The van der Waals surface area contributed by atoms with Crippen molar-refractivity contribution in [3.63, 3.8) is 0 Å². The van der Waals surface area contributed by atoms with Crippen molar-refractivity contribution >= 4 is 22.7 Å². The largest absolute Gasteiger partial charge is 0.416 e. The molecule has 0 aliphatic rings. The summed E-state index contributed by atoms with van der Waals surface area (Å²) in [7, 11) is -1.17. The van der Waals surface area contributed by atoms with Crippen LogP contribution in [0, 0.1) is 0 Å². The molecule has 0 radical (unpaired) electrons. The Balaban J connectivity index is 1.84. The summed E-state index contributed by atoms with van der Waals surface area (Å²) in [4.78, 5) is 24.1. The summed E-state index contributed by atoms with van der Waals surface area (Å²) in [5, 5.41) is 2.34. The molecule has 0 spiro atoms. The lowest BCUT2D eigenvalue weighted by Gasteiger charge is -2.11. The normalized spacial score (nSPS) is 12.1. The molecule has 0 fully saturated rings. The molecule has 0 aliphatic heterocycles. The van der Waals surface area contributed by atoms with E-state index < -0.39 is 34.5 Å². The van der Waals surface area contributed by atoms with Gasteiger partial charge in [-0.25, -0.2) is 10.2 Å². The molecule has 6 nitrogen and oxygen atoms in total. The van der Waals surface area contributed by atoms with Gasteiger partial charge >= 0.3 is 12.2 Å². The van der Waals surface area contributed by atoms with E-state index in [4.69, 9.17) is 0 Å². The minimum absolute atomic E-state index is 0.150. The Labute approximate surface area is 155 Å². The minimum atomic E-state index is -4.47. The molecule has 10 heteroatoms. The topological polar surface area (TPSA) is 87.3 Å². The second-order valence-electron chi connectivity index (χ2n) is 5.44. The lowest BCUT2D eigenvalue weighted by Crippen LogP contribution is -2.46. The lowest BCUT2D eigenvalue weighted by molar-refractivity contribution is -0.137. The molecule has 3 N–H and O–H groups in total. The van der Waals surface area contributed by atoms with E-state index >= 15 is 0 Å². The molecular weight excluding hydrogens is 383 g/mol. The number of halogens is 3. The van der Waals surface area contributed by atoms with E-state index in [0.717, 1.165) is 12.1 Å². The number of hydrazine groups is 1. The zero-order valence-corrected chi connectivity index (χ0v) is 14.9. The summed E-state index contributed by atoms with van der Waals surface area (Å²) in [5.74, 6) is -0.599. The summed E-state index contributed by atoms with van der Waals surface area (Å²) >= 11 is 0. The Bertz CT molecular complexity index is 854. The Kier molecular flexibility index (Phi) is 6.56. The summed E-state index contributed by atoms with van der Waals surface area (Å²) in [6.45, 7) is -0.150. The van der Waals surface area contributed by atoms with Crippen molar-refractivity contribution in [2.45, 2.75) is 17.6 Å². The summed E-state index contributed by atoms with van der Waals surface area (Å²) in [5.41, 5.74) is 3.95. The van der Waals surface area contributed by atoms with Crippen LogP contribution >= 0.6 is 0 Å². The maximum absolute atomic E-state index is 12.6. The van der Waals surface area contributed by atoms with Gasteiger partial charge in [-0.2, -0.15) is 13.2 Å². The molecule has 2 rings (SSSR count). The van der Waals surface area contributed by atoms with Crippen LogP contribution in [0.3, 0.4) is 0 Å². The third kappa shape index (κ3) is 6.10. The second-order valence-corrected chi connectivity index (χ2v) is 6.82. The highest BCUT2D eigenvalue weighted by molar-refractivity contribution is 7.84. The fourth-order valence-corrected chi connectivity index (χ4v) is 2.59. The molecule has 0 aliphatic carbocycles. The van der Waals surface area contributed by atoms with Crippen LogP contribution in [0.2, 0.25) is 0 Å². The maximum Gasteiger partial charge on any atom is 0.416 e. The monoisotopic (exact) mass is 399 g/mol. The molecule has 0 unspecified atom stereocenters. The van der Waals surface area contributed by atoms with Crippen molar-refractivity contribution < 1.29 is 27.0 Å². The van der Waals surface area contributed by atoms with Gasteiger partial charge in [-0.3, -0.25) is 14.4 Å². The predicted octanol–water partition coefficient (Wildman–Crippen LogP) is 2.59. The van der Waals surface area contributed by atoms with Crippen LogP contribution in [-0.2, 0) is 23.5 Å². The first-order chi connectivity index (χ1) is 12.7. The number of carbonyl (C=O) groups excluding carboxylic acids is 2. The van der Waals surface area contributed by atoms with Gasteiger partial charge in [0.1, 0.15) is 0 Å². The van der Waals surface area contributed by atoms with Crippen molar-refractivity contribution in [2.24, 2.45) is 0 Å². The lowest BCUT2D eigenvalue weighted by atomic mass is 10.1. The Morgan fingerprint density at radius 1 is 1.04 bits per heavy atom. The fraction of sp³-hybridized carbons (Fsp3) is 0.176. The molecule has 1 atom stereocenters. The van der Waals surface area contributed by atoms with Crippen LogP contribution in [0.15, 0.2) is 53.4 Å². The molecule has 0 saturated heterocycles. The van der Waals surface area contributed by atoms with Gasteiger partial charge in [0.25, 0.3) is 5.91 Å². The maximum atomic E-state index is 12.6. The molecule has 0 aromatic heterocycles. The van der Waals surface area contributed by atoms with Crippen LogP contribution in [-0.4, -0.2) is 22.4 Å². The Morgan fingerprint density at radius 3 is 2.30 bits per heavy atom. The van der Waals surface area contributed by atoms with Gasteiger partial charge in [0, 0.05) is 34.1 Å². The third-order valence-corrected chi connectivity index (χ3v) is 4.38. The zero-order valence-electron chi connectivity index (χ0n) is 14.1. The average molecular weight is 399 g/mol. The van der Waals surface area contributed by atoms with E-state index in [1.165, 1.54) is 42.7 Å². The zero-order chi connectivity index (χ0) is 20.0. The average Bonchev–Trinajstić information content (AvgIpc) is 2.64. The first kappa shape index (κ1) is 20.4. The first-order valence-corrected chi connectivity index (χ1v) is 9.16. The number of carbonyl (C=O) groups is 2. The van der Waals surface area contributed by atoms with E-state index in [1.807, 2.05) is 0 Å². The van der Waals surface area contributed by atoms with Crippen LogP contribution in [0.4, 0.5) is 18.0 Å². The van der Waals surface area contributed by atoms with Gasteiger partial charge in [-0.1, -0.05) is 12.1 Å².